The van der Waals surface area contributed by atoms with Crippen LogP contribution in [0, 0.1) is 0 Å². The third-order valence-electron chi connectivity index (χ3n) is 2.65. The largest absolute Gasteiger partial charge is 0.480 e. The van der Waals surface area contributed by atoms with Gasteiger partial charge in [0.15, 0.2) is 0 Å². The highest BCUT2D eigenvalue weighted by molar-refractivity contribution is 9.10. The lowest BCUT2D eigenvalue weighted by Gasteiger charge is -2.30. The first-order chi connectivity index (χ1) is 8.10. The van der Waals surface area contributed by atoms with E-state index in [0.29, 0.717) is 6.42 Å². The quantitative estimate of drug-likeness (QED) is 0.873. The topological polar surface area (TPSA) is 40.5 Å². The second-order valence-corrected chi connectivity index (χ2v) is 4.85. The Balaban J connectivity index is 3.03. The number of carboxylic acids is 1. The van der Waals surface area contributed by atoms with Crippen LogP contribution in [0.4, 0.5) is 5.69 Å². The highest BCUT2D eigenvalue weighted by atomic mass is 79.9. The molecular formula is C13H18BrNO2. The summed E-state index contributed by atoms with van der Waals surface area (Å²) in [5, 5.41) is 9.25. The molecule has 0 aromatic heterocycles. The van der Waals surface area contributed by atoms with Crippen molar-refractivity contribution >= 4 is 27.6 Å². The van der Waals surface area contributed by atoms with Gasteiger partial charge in [-0.25, -0.2) is 4.79 Å². The van der Waals surface area contributed by atoms with Crippen LogP contribution < -0.4 is 4.90 Å². The van der Waals surface area contributed by atoms with Crippen molar-refractivity contribution < 1.29 is 9.90 Å². The molecule has 1 aromatic rings. The number of carboxylic acid groups (broad SMARTS) is 1. The number of hydrogen-bond acceptors (Lipinski definition) is 2. The lowest BCUT2D eigenvalue weighted by Crippen LogP contribution is -2.41. The van der Waals surface area contributed by atoms with E-state index in [1.54, 1.807) is 0 Å². The molecule has 1 N–H and O–H groups in total. The van der Waals surface area contributed by atoms with Gasteiger partial charge in [0.1, 0.15) is 6.04 Å². The van der Waals surface area contributed by atoms with E-state index >= 15 is 0 Å². The van der Waals surface area contributed by atoms with Gasteiger partial charge in [-0.2, -0.15) is 0 Å². The first kappa shape index (κ1) is 14.0. The van der Waals surface area contributed by atoms with Crippen LogP contribution in [0.3, 0.4) is 0 Å². The number of hydrogen-bond donors (Lipinski definition) is 1. The Morgan fingerprint density at radius 2 is 2.18 bits per heavy atom. The molecule has 0 aliphatic heterocycles. The SMILES string of the molecule is CCCN(c1cccc(Br)c1)[C@H](CC)C(=O)O. The minimum atomic E-state index is -0.763. The van der Waals surface area contributed by atoms with E-state index in [-0.39, 0.29) is 0 Å². The molecule has 1 rings (SSSR count). The Labute approximate surface area is 111 Å². The van der Waals surface area contributed by atoms with Gasteiger partial charge in [-0.1, -0.05) is 35.8 Å². The molecule has 0 unspecified atom stereocenters. The molecular weight excluding hydrogens is 282 g/mol. The van der Waals surface area contributed by atoms with Gasteiger partial charge in [0, 0.05) is 16.7 Å². The molecule has 0 aliphatic rings. The molecule has 0 saturated heterocycles. The summed E-state index contributed by atoms with van der Waals surface area (Å²) in [5.74, 6) is -0.763. The van der Waals surface area contributed by atoms with Crippen molar-refractivity contribution in [2.24, 2.45) is 0 Å². The van der Waals surface area contributed by atoms with Crippen molar-refractivity contribution in [1.82, 2.24) is 0 Å². The lowest BCUT2D eigenvalue weighted by molar-refractivity contribution is -0.138. The van der Waals surface area contributed by atoms with Gasteiger partial charge in [-0.15, -0.1) is 0 Å². The van der Waals surface area contributed by atoms with Crippen molar-refractivity contribution in [2.75, 3.05) is 11.4 Å². The lowest BCUT2D eigenvalue weighted by atomic mass is 10.1. The third kappa shape index (κ3) is 3.73. The van der Waals surface area contributed by atoms with Gasteiger partial charge in [0.25, 0.3) is 0 Å². The predicted molar refractivity (Wildman–Crippen MR) is 73.5 cm³/mol. The number of nitrogens with zero attached hydrogens (tertiary/aromatic N) is 1. The molecule has 17 heavy (non-hydrogen) atoms. The molecule has 0 aliphatic carbocycles. The Kier molecular flexibility index (Phi) is 5.48. The Morgan fingerprint density at radius 1 is 1.47 bits per heavy atom. The summed E-state index contributed by atoms with van der Waals surface area (Å²) in [6.45, 7) is 4.71. The van der Waals surface area contributed by atoms with Crippen molar-refractivity contribution in [2.45, 2.75) is 32.7 Å². The average Bonchev–Trinajstić information content (AvgIpc) is 2.28. The molecule has 1 aromatic carbocycles. The highest BCUT2D eigenvalue weighted by Gasteiger charge is 2.23. The van der Waals surface area contributed by atoms with Crippen LogP contribution in [0.15, 0.2) is 28.7 Å². The minimum Gasteiger partial charge on any atom is -0.480 e. The number of benzene rings is 1. The molecule has 0 saturated carbocycles. The maximum absolute atomic E-state index is 11.3. The monoisotopic (exact) mass is 299 g/mol. The van der Waals surface area contributed by atoms with E-state index in [0.717, 1.165) is 23.1 Å². The van der Waals surface area contributed by atoms with Crippen LogP contribution in [0.25, 0.3) is 0 Å². The number of carbonyl (C=O) groups is 1. The van der Waals surface area contributed by atoms with Crippen LogP contribution in [-0.4, -0.2) is 23.7 Å². The minimum absolute atomic E-state index is 0.454. The normalized spacial score (nSPS) is 12.2. The smallest absolute Gasteiger partial charge is 0.326 e. The van der Waals surface area contributed by atoms with Gasteiger partial charge in [0.05, 0.1) is 0 Å². The zero-order chi connectivity index (χ0) is 12.8. The van der Waals surface area contributed by atoms with Gasteiger partial charge < -0.3 is 10.0 Å². The number of rotatable bonds is 6. The Hall–Kier alpha value is -1.03. The fraction of sp³-hybridized carbons (Fsp3) is 0.462. The van der Waals surface area contributed by atoms with Crippen LogP contribution in [-0.2, 0) is 4.79 Å². The summed E-state index contributed by atoms with van der Waals surface area (Å²) in [7, 11) is 0. The number of aliphatic carboxylic acids is 1. The summed E-state index contributed by atoms with van der Waals surface area (Å²) >= 11 is 3.42. The van der Waals surface area contributed by atoms with Crippen LogP contribution in [0.2, 0.25) is 0 Å². The Morgan fingerprint density at radius 3 is 2.65 bits per heavy atom. The molecule has 3 nitrogen and oxygen atoms in total. The van der Waals surface area contributed by atoms with E-state index < -0.39 is 12.0 Å². The molecule has 0 bridgehead atoms. The first-order valence-electron chi connectivity index (χ1n) is 5.85. The van der Waals surface area contributed by atoms with Gasteiger partial charge in [0.2, 0.25) is 0 Å². The first-order valence-corrected chi connectivity index (χ1v) is 6.64. The van der Waals surface area contributed by atoms with E-state index in [9.17, 15) is 9.90 Å². The van der Waals surface area contributed by atoms with Crippen molar-refractivity contribution in [3.63, 3.8) is 0 Å². The second kappa shape index (κ2) is 6.64. The standard InChI is InChI=1S/C13H18BrNO2/c1-3-8-15(12(4-2)13(16)17)11-7-5-6-10(14)9-11/h5-7,9,12H,3-4,8H2,1-2H3,(H,16,17)/t12-/m1/s1. The van der Waals surface area contributed by atoms with Crippen molar-refractivity contribution in [3.8, 4) is 0 Å². The molecule has 0 spiro atoms. The molecule has 0 heterocycles. The fourth-order valence-electron chi connectivity index (χ4n) is 1.89. The highest BCUT2D eigenvalue weighted by Crippen LogP contribution is 2.23. The molecule has 0 fully saturated rings. The summed E-state index contributed by atoms with van der Waals surface area (Å²) in [4.78, 5) is 13.2. The van der Waals surface area contributed by atoms with Crippen LogP contribution >= 0.6 is 15.9 Å². The van der Waals surface area contributed by atoms with Gasteiger partial charge in [-0.05, 0) is 31.0 Å². The molecule has 4 heteroatoms. The summed E-state index contributed by atoms with van der Waals surface area (Å²) in [6, 6.07) is 7.32. The Bertz CT molecular complexity index is 381. The number of halogens is 1. The van der Waals surface area contributed by atoms with E-state index in [1.165, 1.54) is 0 Å². The maximum atomic E-state index is 11.3. The summed E-state index contributed by atoms with van der Waals surface area (Å²) in [6.07, 6.45) is 1.53. The van der Waals surface area contributed by atoms with Crippen LogP contribution in [0.1, 0.15) is 26.7 Å². The van der Waals surface area contributed by atoms with Gasteiger partial charge in [-0.3, -0.25) is 0 Å². The van der Waals surface area contributed by atoms with E-state index in [4.69, 9.17) is 0 Å². The molecule has 0 amide bonds. The predicted octanol–water partition coefficient (Wildman–Crippen LogP) is 3.53. The molecule has 0 radical (unpaired) electrons. The third-order valence-corrected chi connectivity index (χ3v) is 3.15. The molecule has 94 valence electrons. The van der Waals surface area contributed by atoms with Crippen LogP contribution in [0.5, 0.6) is 0 Å². The van der Waals surface area contributed by atoms with E-state index in [1.807, 2.05) is 36.1 Å². The summed E-state index contributed by atoms with van der Waals surface area (Å²) < 4.78 is 0.969. The molecule has 1 atom stereocenters. The maximum Gasteiger partial charge on any atom is 0.326 e. The summed E-state index contributed by atoms with van der Waals surface area (Å²) in [5.41, 5.74) is 0.954. The second-order valence-electron chi connectivity index (χ2n) is 3.94. The van der Waals surface area contributed by atoms with E-state index in [2.05, 4.69) is 22.9 Å². The zero-order valence-corrected chi connectivity index (χ0v) is 11.8. The van der Waals surface area contributed by atoms with Gasteiger partial charge >= 0.3 is 5.97 Å². The zero-order valence-electron chi connectivity index (χ0n) is 10.2. The van der Waals surface area contributed by atoms with Crippen molar-refractivity contribution in [1.29, 1.82) is 0 Å². The van der Waals surface area contributed by atoms with Crippen molar-refractivity contribution in [3.05, 3.63) is 28.7 Å². The average molecular weight is 300 g/mol. The number of anilines is 1. The fourth-order valence-corrected chi connectivity index (χ4v) is 2.28.